The molecule has 84 valence electrons. The average Bonchev–Trinajstić information content (AvgIpc) is 2.27. The molecule has 0 radical (unpaired) electrons. The molecule has 5 heteroatoms. The third kappa shape index (κ3) is 2.04. The first-order valence-electron chi connectivity index (χ1n) is 4.35. The number of anilines is 1. The zero-order chi connectivity index (χ0) is 11.4. The Labute approximate surface area is 94.1 Å². The third-order valence-corrected chi connectivity index (χ3v) is 2.31. The van der Waals surface area contributed by atoms with Crippen LogP contribution >= 0.6 is 11.6 Å². The van der Waals surface area contributed by atoms with Gasteiger partial charge in [0.1, 0.15) is 0 Å². The zero-order valence-corrected chi connectivity index (χ0v) is 9.94. The van der Waals surface area contributed by atoms with E-state index < -0.39 is 0 Å². The highest BCUT2D eigenvalue weighted by atomic mass is 35.5. The molecule has 0 aliphatic rings. The summed E-state index contributed by atoms with van der Waals surface area (Å²) in [5.41, 5.74) is 0.750. The molecule has 0 fully saturated rings. The lowest BCUT2D eigenvalue weighted by Crippen LogP contribution is -1.99. The summed E-state index contributed by atoms with van der Waals surface area (Å²) in [5.74, 6) is 1.52. The van der Waals surface area contributed by atoms with Crippen LogP contribution < -0.4 is 19.5 Å². The summed E-state index contributed by atoms with van der Waals surface area (Å²) in [4.78, 5) is 0. The van der Waals surface area contributed by atoms with Gasteiger partial charge in [-0.3, -0.25) is 0 Å². The summed E-state index contributed by atoms with van der Waals surface area (Å²) in [6.07, 6.45) is 0. The van der Waals surface area contributed by atoms with Crippen LogP contribution in [0.1, 0.15) is 0 Å². The van der Waals surface area contributed by atoms with Crippen LogP contribution in [-0.2, 0) is 0 Å². The van der Waals surface area contributed by atoms with E-state index >= 15 is 0 Å². The van der Waals surface area contributed by atoms with Gasteiger partial charge in [0.05, 0.1) is 32.0 Å². The van der Waals surface area contributed by atoms with E-state index in [0.717, 1.165) is 5.69 Å². The van der Waals surface area contributed by atoms with E-state index in [1.54, 1.807) is 20.2 Å². The molecule has 0 saturated heterocycles. The van der Waals surface area contributed by atoms with Gasteiger partial charge in [-0.2, -0.15) is 0 Å². The minimum atomic E-state index is 0.468. The second-order valence-electron chi connectivity index (χ2n) is 2.76. The molecule has 15 heavy (non-hydrogen) atoms. The van der Waals surface area contributed by atoms with Gasteiger partial charge in [-0.05, 0) is 6.07 Å². The molecular formula is C10H14ClNO3. The molecular weight excluding hydrogens is 218 g/mol. The molecule has 0 unspecified atom stereocenters. The van der Waals surface area contributed by atoms with Crippen molar-refractivity contribution in [2.24, 2.45) is 0 Å². The molecule has 1 aromatic carbocycles. The Balaban J connectivity index is 3.44. The largest absolute Gasteiger partial charge is 0.491 e. The highest BCUT2D eigenvalue weighted by Crippen LogP contribution is 2.47. The fraction of sp³-hybridized carbons (Fsp3) is 0.400. The van der Waals surface area contributed by atoms with Crippen molar-refractivity contribution >= 4 is 17.3 Å². The molecule has 0 aromatic heterocycles. The van der Waals surface area contributed by atoms with Crippen LogP contribution in [0.3, 0.4) is 0 Å². The Morgan fingerprint density at radius 2 is 1.53 bits per heavy atom. The van der Waals surface area contributed by atoms with Gasteiger partial charge in [0, 0.05) is 7.05 Å². The van der Waals surface area contributed by atoms with E-state index in [2.05, 4.69) is 5.32 Å². The van der Waals surface area contributed by atoms with E-state index in [4.69, 9.17) is 25.8 Å². The number of methoxy groups -OCH3 is 3. The number of nitrogens with one attached hydrogen (secondary N) is 1. The fourth-order valence-corrected chi connectivity index (χ4v) is 1.63. The Morgan fingerprint density at radius 3 is 1.93 bits per heavy atom. The summed E-state index contributed by atoms with van der Waals surface area (Å²) in [7, 11) is 6.41. The second kappa shape index (κ2) is 4.98. The zero-order valence-electron chi connectivity index (χ0n) is 9.18. The standard InChI is InChI=1S/C10H14ClNO3/c1-12-7-5-6(11)8(13-2)10(15-4)9(7)14-3/h5,12H,1-4H3. The number of hydrogen-bond acceptors (Lipinski definition) is 4. The maximum Gasteiger partial charge on any atom is 0.207 e. The van der Waals surface area contributed by atoms with Crippen molar-refractivity contribution in [2.45, 2.75) is 0 Å². The Kier molecular flexibility index (Phi) is 3.91. The minimum absolute atomic E-state index is 0.468. The van der Waals surface area contributed by atoms with Crippen LogP contribution in [0.2, 0.25) is 5.02 Å². The van der Waals surface area contributed by atoms with Gasteiger partial charge in [0.25, 0.3) is 0 Å². The van der Waals surface area contributed by atoms with Gasteiger partial charge < -0.3 is 19.5 Å². The van der Waals surface area contributed by atoms with Gasteiger partial charge in [-0.1, -0.05) is 11.6 Å². The quantitative estimate of drug-likeness (QED) is 0.864. The summed E-state index contributed by atoms with van der Waals surface area (Å²) in [6.45, 7) is 0. The van der Waals surface area contributed by atoms with Crippen molar-refractivity contribution in [3.05, 3.63) is 11.1 Å². The molecule has 0 atom stereocenters. The number of benzene rings is 1. The molecule has 0 saturated carbocycles. The predicted octanol–water partition coefficient (Wildman–Crippen LogP) is 2.41. The van der Waals surface area contributed by atoms with Crippen molar-refractivity contribution in [1.82, 2.24) is 0 Å². The molecule has 0 spiro atoms. The van der Waals surface area contributed by atoms with E-state index in [1.165, 1.54) is 14.2 Å². The molecule has 0 aliphatic heterocycles. The topological polar surface area (TPSA) is 39.7 Å². The maximum absolute atomic E-state index is 6.02. The summed E-state index contributed by atoms with van der Waals surface area (Å²) >= 11 is 6.02. The first-order chi connectivity index (χ1) is 7.19. The van der Waals surface area contributed by atoms with Crippen LogP contribution in [0.25, 0.3) is 0 Å². The molecule has 1 aromatic rings. The smallest absolute Gasteiger partial charge is 0.207 e. The Bertz CT molecular complexity index is 355. The number of ether oxygens (including phenoxy) is 3. The lowest BCUT2D eigenvalue weighted by Gasteiger charge is -2.16. The lowest BCUT2D eigenvalue weighted by atomic mass is 10.2. The van der Waals surface area contributed by atoms with Crippen molar-refractivity contribution in [3.63, 3.8) is 0 Å². The first kappa shape index (κ1) is 11.8. The van der Waals surface area contributed by atoms with Crippen LogP contribution in [0.15, 0.2) is 6.07 Å². The predicted molar refractivity (Wildman–Crippen MR) is 60.7 cm³/mol. The van der Waals surface area contributed by atoms with E-state index in [9.17, 15) is 0 Å². The maximum atomic E-state index is 6.02. The van der Waals surface area contributed by atoms with Gasteiger partial charge >= 0.3 is 0 Å². The van der Waals surface area contributed by atoms with Crippen LogP contribution in [0, 0.1) is 0 Å². The summed E-state index contributed by atoms with van der Waals surface area (Å²) < 4.78 is 15.6. The van der Waals surface area contributed by atoms with Crippen molar-refractivity contribution in [2.75, 3.05) is 33.7 Å². The van der Waals surface area contributed by atoms with Gasteiger partial charge in [-0.25, -0.2) is 0 Å². The van der Waals surface area contributed by atoms with Crippen LogP contribution in [0.5, 0.6) is 17.2 Å². The highest BCUT2D eigenvalue weighted by Gasteiger charge is 2.18. The van der Waals surface area contributed by atoms with Crippen LogP contribution in [-0.4, -0.2) is 28.4 Å². The fourth-order valence-electron chi connectivity index (χ4n) is 1.36. The second-order valence-corrected chi connectivity index (χ2v) is 3.16. The van der Waals surface area contributed by atoms with E-state index in [0.29, 0.717) is 22.3 Å². The molecule has 0 heterocycles. The Morgan fingerprint density at radius 1 is 1.00 bits per heavy atom. The molecule has 1 N–H and O–H groups in total. The lowest BCUT2D eigenvalue weighted by molar-refractivity contribution is 0.325. The van der Waals surface area contributed by atoms with Gasteiger partial charge in [0.15, 0.2) is 11.5 Å². The number of rotatable bonds is 4. The minimum Gasteiger partial charge on any atom is -0.491 e. The molecule has 4 nitrogen and oxygen atoms in total. The summed E-state index contributed by atoms with van der Waals surface area (Å²) in [6, 6.07) is 1.72. The van der Waals surface area contributed by atoms with E-state index in [-0.39, 0.29) is 0 Å². The van der Waals surface area contributed by atoms with Gasteiger partial charge in [-0.15, -0.1) is 0 Å². The normalized spacial score (nSPS) is 9.67. The van der Waals surface area contributed by atoms with Crippen molar-refractivity contribution in [3.8, 4) is 17.2 Å². The van der Waals surface area contributed by atoms with Crippen molar-refractivity contribution in [1.29, 1.82) is 0 Å². The SMILES string of the molecule is CNc1cc(Cl)c(OC)c(OC)c1OC. The average molecular weight is 232 g/mol. The molecule has 1 rings (SSSR count). The first-order valence-corrected chi connectivity index (χ1v) is 4.73. The van der Waals surface area contributed by atoms with Crippen LogP contribution in [0.4, 0.5) is 5.69 Å². The highest BCUT2D eigenvalue weighted by molar-refractivity contribution is 6.32. The monoisotopic (exact) mass is 231 g/mol. The number of hydrogen-bond donors (Lipinski definition) is 1. The third-order valence-electron chi connectivity index (χ3n) is 2.03. The van der Waals surface area contributed by atoms with Gasteiger partial charge in [0.2, 0.25) is 5.75 Å². The summed E-state index contributed by atoms with van der Waals surface area (Å²) in [5, 5.41) is 3.44. The Hall–Kier alpha value is -1.29. The van der Waals surface area contributed by atoms with E-state index in [1.807, 2.05) is 0 Å². The molecule has 0 aliphatic carbocycles. The molecule has 0 amide bonds. The molecule has 0 bridgehead atoms. The van der Waals surface area contributed by atoms with Crippen molar-refractivity contribution < 1.29 is 14.2 Å². The number of halogens is 1.